The van der Waals surface area contributed by atoms with Crippen LogP contribution in [0.3, 0.4) is 0 Å². The first-order chi connectivity index (χ1) is 34.7. The molecule has 0 amide bonds. The van der Waals surface area contributed by atoms with Crippen molar-refractivity contribution in [3.8, 4) is 50.2 Å². The van der Waals surface area contributed by atoms with Crippen LogP contribution in [0.5, 0.6) is 0 Å². The molecule has 1 aliphatic carbocycles. The van der Waals surface area contributed by atoms with Crippen LogP contribution in [0.4, 0.5) is 17.1 Å². The van der Waals surface area contributed by atoms with Gasteiger partial charge in [-0.25, -0.2) is 0 Å². The van der Waals surface area contributed by atoms with Crippen LogP contribution in [0.1, 0.15) is 22.3 Å². The van der Waals surface area contributed by atoms with E-state index in [0.717, 1.165) is 22.6 Å². The van der Waals surface area contributed by atoms with Crippen molar-refractivity contribution in [2.75, 3.05) is 4.90 Å². The molecule has 70 heavy (non-hydrogen) atoms. The Morgan fingerprint density at radius 3 is 1.79 bits per heavy atom. The zero-order chi connectivity index (χ0) is 45.9. The van der Waals surface area contributed by atoms with E-state index in [2.05, 4.69) is 264 Å². The number of aromatic nitrogens is 1. The van der Waals surface area contributed by atoms with Gasteiger partial charge in [0.2, 0.25) is 0 Å². The third kappa shape index (κ3) is 5.55. The summed E-state index contributed by atoms with van der Waals surface area (Å²) in [6, 6.07) is 94.9. The molecule has 1 unspecified atom stereocenters. The summed E-state index contributed by atoms with van der Waals surface area (Å²) in [6.45, 7) is 0. The van der Waals surface area contributed by atoms with Gasteiger partial charge in [-0.05, 0) is 116 Å². The number of hydrogen-bond donors (Lipinski definition) is 0. The topological polar surface area (TPSA) is 8.17 Å². The molecular formula is C67H42N2S. The lowest BCUT2D eigenvalue weighted by molar-refractivity contribution is 0.748. The molecule has 326 valence electrons. The molecule has 13 aromatic rings. The van der Waals surface area contributed by atoms with Crippen molar-refractivity contribution in [1.29, 1.82) is 0 Å². The maximum absolute atomic E-state index is 2.52. The van der Waals surface area contributed by atoms with Crippen LogP contribution in [-0.2, 0) is 5.41 Å². The third-order valence-corrected chi connectivity index (χ3v) is 16.4. The monoisotopic (exact) mass is 906 g/mol. The summed E-state index contributed by atoms with van der Waals surface area (Å²) in [6.07, 6.45) is 0. The van der Waals surface area contributed by atoms with Crippen LogP contribution >= 0.6 is 11.3 Å². The van der Waals surface area contributed by atoms with Gasteiger partial charge in [-0.3, -0.25) is 0 Å². The molecule has 2 aliphatic rings. The molecule has 0 saturated carbocycles. The second-order valence-corrected chi connectivity index (χ2v) is 19.8. The van der Waals surface area contributed by atoms with E-state index in [-0.39, 0.29) is 0 Å². The molecule has 2 nitrogen and oxygen atoms in total. The average Bonchev–Trinajstić information content (AvgIpc) is 4.08. The van der Waals surface area contributed by atoms with Crippen LogP contribution in [0.2, 0.25) is 0 Å². The fourth-order valence-electron chi connectivity index (χ4n) is 12.2. The summed E-state index contributed by atoms with van der Waals surface area (Å²) in [5.41, 5.74) is 21.4. The van der Waals surface area contributed by atoms with Crippen molar-refractivity contribution < 1.29 is 0 Å². The normalized spacial score (nSPS) is 14.3. The lowest BCUT2D eigenvalue weighted by Gasteiger charge is -2.40. The van der Waals surface area contributed by atoms with E-state index >= 15 is 0 Å². The fraction of sp³-hybridized carbons (Fsp3) is 0.0149. The number of rotatable bonds is 6. The van der Waals surface area contributed by atoms with Crippen molar-refractivity contribution in [3.63, 3.8) is 0 Å². The number of fused-ring (bicyclic) bond motifs is 15. The van der Waals surface area contributed by atoms with Crippen molar-refractivity contribution in [2.24, 2.45) is 0 Å². The van der Waals surface area contributed by atoms with E-state index in [4.69, 9.17) is 0 Å². The van der Waals surface area contributed by atoms with Crippen molar-refractivity contribution in [3.05, 3.63) is 277 Å². The minimum atomic E-state index is -0.573. The molecule has 1 atom stereocenters. The number of para-hydroxylation sites is 4. The van der Waals surface area contributed by atoms with Crippen LogP contribution in [0.15, 0.2) is 255 Å². The maximum Gasteiger partial charge on any atom is 0.0755 e. The Morgan fingerprint density at radius 2 is 0.914 bits per heavy atom. The minimum Gasteiger partial charge on any atom is -0.310 e. The molecule has 0 bridgehead atoms. The van der Waals surface area contributed by atoms with Crippen LogP contribution in [0, 0.1) is 0 Å². The number of hydrogen-bond acceptors (Lipinski definition) is 2. The highest BCUT2D eigenvalue weighted by atomic mass is 32.1. The molecule has 3 heterocycles. The first-order valence-corrected chi connectivity index (χ1v) is 25.0. The van der Waals surface area contributed by atoms with E-state index in [1.807, 2.05) is 11.3 Å². The lowest BCUT2D eigenvalue weighted by atomic mass is 9.65. The Kier molecular flexibility index (Phi) is 8.48. The maximum atomic E-state index is 2.52. The Morgan fingerprint density at radius 1 is 0.329 bits per heavy atom. The molecule has 0 N–H and O–H groups in total. The largest absolute Gasteiger partial charge is 0.310 e. The Hall–Kier alpha value is -8.76. The SMILES string of the molecule is c1ccc(-c2ccc(-c3ccccc3N(c3ccc(-c4ccc5c(c4)sc4ccccc45)cc3)c3ccc4c(c3)C3(c5ccccc5-4)c4ccccc4-n4c5ccccc5c5cccc3c54)cc2)cc1. The van der Waals surface area contributed by atoms with Crippen LogP contribution in [0.25, 0.3) is 92.2 Å². The van der Waals surface area contributed by atoms with Gasteiger partial charge in [0.05, 0.1) is 27.8 Å². The highest BCUT2D eigenvalue weighted by Crippen LogP contribution is 2.62. The summed E-state index contributed by atoms with van der Waals surface area (Å²) in [7, 11) is 0. The summed E-state index contributed by atoms with van der Waals surface area (Å²) >= 11 is 1.87. The van der Waals surface area contributed by atoms with Crippen molar-refractivity contribution in [1.82, 2.24) is 4.57 Å². The zero-order valence-corrected chi connectivity index (χ0v) is 38.9. The third-order valence-electron chi connectivity index (χ3n) is 15.2. The second kappa shape index (κ2) is 15.1. The summed E-state index contributed by atoms with van der Waals surface area (Å²) in [5, 5.41) is 5.20. The summed E-state index contributed by atoms with van der Waals surface area (Å²) < 4.78 is 5.16. The Balaban J connectivity index is 0.953. The zero-order valence-electron chi connectivity index (χ0n) is 38.1. The van der Waals surface area contributed by atoms with Gasteiger partial charge in [-0.1, -0.05) is 200 Å². The van der Waals surface area contributed by atoms with Crippen molar-refractivity contribution in [2.45, 2.75) is 5.41 Å². The number of anilines is 3. The molecule has 15 rings (SSSR count). The highest BCUT2D eigenvalue weighted by Gasteiger charge is 2.51. The van der Waals surface area contributed by atoms with E-state index < -0.39 is 5.41 Å². The van der Waals surface area contributed by atoms with Gasteiger partial charge in [0.15, 0.2) is 0 Å². The van der Waals surface area contributed by atoms with Crippen LogP contribution in [-0.4, -0.2) is 4.57 Å². The van der Waals surface area contributed by atoms with Crippen LogP contribution < -0.4 is 4.90 Å². The predicted octanol–water partition coefficient (Wildman–Crippen LogP) is 18.3. The molecule has 2 aromatic heterocycles. The van der Waals surface area contributed by atoms with Gasteiger partial charge < -0.3 is 9.47 Å². The van der Waals surface area contributed by atoms with Gasteiger partial charge in [-0.15, -0.1) is 11.3 Å². The van der Waals surface area contributed by atoms with E-state index in [1.54, 1.807) is 0 Å². The highest BCUT2D eigenvalue weighted by molar-refractivity contribution is 7.25. The molecular weight excluding hydrogens is 865 g/mol. The average molecular weight is 907 g/mol. The number of thiophene rings is 1. The standard InChI is InChI=1S/C67H42N2S/c1-2-15-43(16-3-1)44-29-31-46(32-30-44)50-17-5-10-25-61(50)68(48-36-33-45(34-37-48)47-35-39-55-54-20-7-13-28-64(54)70-65(55)41-47)49-38-40-52-51-18-4-8-22-57(51)67(60(52)42-49)58-23-9-12-27-63(58)69-62-26-11-6-19-53(62)56-21-14-24-59(67)66(56)69/h1-42H. The van der Waals surface area contributed by atoms with Gasteiger partial charge >= 0.3 is 0 Å². The Bertz CT molecular complexity index is 4240. The predicted molar refractivity (Wildman–Crippen MR) is 296 cm³/mol. The molecule has 1 aliphatic heterocycles. The summed E-state index contributed by atoms with van der Waals surface area (Å²) in [4.78, 5) is 2.49. The quantitative estimate of drug-likeness (QED) is 0.161. The summed E-state index contributed by atoms with van der Waals surface area (Å²) in [5.74, 6) is 0. The first kappa shape index (κ1) is 39.3. The fourth-order valence-corrected chi connectivity index (χ4v) is 13.4. The minimum absolute atomic E-state index is 0.573. The van der Waals surface area contributed by atoms with Gasteiger partial charge in [-0.2, -0.15) is 0 Å². The van der Waals surface area contributed by atoms with Gasteiger partial charge in [0.1, 0.15) is 0 Å². The van der Waals surface area contributed by atoms with E-state index in [0.29, 0.717) is 0 Å². The number of benzene rings is 11. The molecule has 3 heteroatoms. The Labute approximate surface area is 410 Å². The smallest absolute Gasteiger partial charge is 0.0755 e. The van der Waals surface area contributed by atoms with Crippen molar-refractivity contribution >= 4 is 70.4 Å². The molecule has 1 spiro atoms. The first-order valence-electron chi connectivity index (χ1n) is 24.2. The second-order valence-electron chi connectivity index (χ2n) is 18.7. The molecule has 0 radical (unpaired) electrons. The van der Waals surface area contributed by atoms with E-state index in [1.165, 1.54) is 109 Å². The number of nitrogens with zero attached hydrogens (tertiary/aromatic N) is 2. The van der Waals surface area contributed by atoms with Gasteiger partial charge in [0, 0.05) is 47.9 Å². The molecule has 0 fully saturated rings. The van der Waals surface area contributed by atoms with Gasteiger partial charge in [0.25, 0.3) is 0 Å². The molecule has 11 aromatic carbocycles. The molecule has 0 saturated heterocycles. The lowest BCUT2D eigenvalue weighted by Crippen LogP contribution is -2.33. The van der Waals surface area contributed by atoms with E-state index in [9.17, 15) is 0 Å².